The molecule has 82 valence electrons. The van der Waals surface area contributed by atoms with Crippen LogP contribution >= 0.6 is 0 Å². The van der Waals surface area contributed by atoms with Gasteiger partial charge < -0.3 is 0 Å². The number of aromatic nitrogens is 2. The first kappa shape index (κ1) is 11.1. The molecule has 0 unspecified atom stereocenters. The fourth-order valence-corrected chi connectivity index (χ4v) is 2.13. The minimum absolute atomic E-state index is 0.488. The number of benzene rings is 1. The van der Waals surface area contributed by atoms with E-state index in [0.717, 1.165) is 11.8 Å². The molecule has 0 atom stereocenters. The Kier molecular flexibility index (Phi) is 2.69. The van der Waals surface area contributed by atoms with Crippen LogP contribution in [0.3, 0.4) is 0 Å². The second-order valence-corrected chi connectivity index (χ2v) is 3.88. The van der Waals surface area contributed by atoms with Gasteiger partial charge >= 0.3 is 99.4 Å². The van der Waals surface area contributed by atoms with E-state index < -0.39 is 5.95 Å². The van der Waals surface area contributed by atoms with E-state index in [1.807, 2.05) is 6.92 Å². The van der Waals surface area contributed by atoms with Crippen LogP contribution in [-0.2, 0) is 0 Å². The van der Waals surface area contributed by atoms with Crippen LogP contribution in [0.25, 0.3) is 11.0 Å². The molecule has 6 heteroatoms. The number of nitrogens with zero attached hydrogens (tertiary/aromatic N) is 3. The van der Waals surface area contributed by atoms with Crippen molar-refractivity contribution in [3.8, 4) is 0 Å². The molecule has 0 amide bonds. The van der Waals surface area contributed by atoms with Crippen molar-refractivity contribution >= 4 is 38.2 Å². The van der Waals surface area contributed by atoms with Crippen molar-refractivity contribution in [3.63, 3.8) is 0 Å². The molecule has 4 nitrogen and oxygen atoms in total. The summed E-state index contributed by atoms with van der Waals surface area (Å²) in [6.07, 6.45) is 1.09. The van der Waals surface area contributed by atoms with Crippen LogP contribution in [0.15, 0.2) is 10.2 Å². The Morgan fingerprint density at radius 1 is 1.31 bits per heavy atom. The molecule has 0 saturated heterocycles. The molecule has 0 saturated carbocycles. The van der Waals surface area contributed by atoms with E-state index in [-0.39, 0.29) is 0 Å². The average molecular weight is 283 g/mol. The van der Waals surface area contributed by atoms with Gasteiger partial charge in [-0.25, -0.2) is 0 Å². The Labute approximate surface area is 99.7 Å². The SMILES string of the molecule is Cc1c(N)c(N=[Se])c(C)c2ncc(F)nc12. The second kappa shape index (κ2) is 3.88. The van der Waals surface area contributed by atoms with Crippen molar-refractivity contribution in [2.75, 3.05) is 5.73 Å². The summed E-state index contributed by atoms with van der Waals surface area (Å²) in [4.78, 5) is 7.84. The van der Waals surface area contributed by atoms with Crippen molar-refractivity contribution in [1.29, 1.82) is 0 Å². The van der Waals surface area contributed by atoms with Crippen LogP contribution in [0.2, 0.25) is 0 Å². The monoisotopic (exact) mass is 284 g/mol. The van der Waals surface area contributed by atoms with Gasteiger partial charge in [-0.1, -0.05) is 0 Å². The molecule has 0 bridgehead atoms. The number of nitrogens with two attached hydrogens (primary N) is 1. The minimum atomic E-state index is -0.609. The molecule has 0 spiro atoms. The predicted molar refractivity (Wildman–Crippen MR) is 61.2 cm³/mol. The zero-order chi connectivity index (χ0) is 11.9. The Morgan fingerprint density at radius 3 is 2.62 bits per heavy atom. The molecule has 0 radical (unpaired) electrons. The standard InChI is InChI=1S/C10H9FN4Se/c1-4-7(12)8(15-16)5(2)9-10(4)14-6(11)3-13-9/h3H,12H2,1-2H3. The summed E-state index contributed by atoms with van der Waals surface area (Å²) in [5, 5.41) is 0. The van der Waals surface area contributed by atoms with Gasteiger partial charge in [-0.15, -0.1) is 0 Å². The maximum atomic E-state index is 13.0. The number of rotatable bonds is 1. The van der Waals surface area contributed by atoms with Gasteiger partial charge in [0.05, 0.1) is 0 Å². The van der Waals surface area contributed by atoms with Gasteiger partial charge in [0, 0.05) is 0 Å². The number of hydrogen-bond donors (Lipinski definition) is 1. The summed E-state index contributed by atoms with van der Waals surface area (Å²) in [6, 6.07) is 0. The average Bonchev–Trinajstić information content (AvgIpc) is 2.27. The molecule has 0 fully saturated rings. The molecular formula is C10H9FN4Se. The van der Waals surface area contributed by atoms with Gasteiger partial charge in [0.2, 0.25) is 0 Å². The molecule has 0 aliphatic carbocycles. The number of hydrogen-bond acceptors (Lipinski definition) is 4. The van der Waals surface area contributed by atoms with E-state index in [2.05, 4.69) is 29.7 Å². The molecule has 1 aromatic heterocycles. The van der Waals surface area contributed by atoms with Crippen molar-refractivity contribution in [3.05, 3.63) is 23.3 Å². The molecule has 0 aliphatic rings. The number of halogens is 1. The third-order valence-corrected chi connectivity index (χ3v) is 2.94. The first-order valence-electron chi connectivity index (χ1n) is 4.60. The second-order valence-electron chi connectivity index (χ2n) is 3.49. The van der Waals surface area contributed by atoms with Gasteiger partial charge in [-0.3, -0.25) is 0 Å². The zero-order valence-electron chi connectivity index (χ0n) is 8.78. The van der Waals surface area contributed by atoms with Crippen LogP contribution in [0.4, 0.5) is 15.8 Å². The summed E-state index contributed by atoms with van der Waals surface area (Å²) in [5.41, 5.74) is 9.66. The molecule has 0 aliphatic heterocycles. The van der Waals surface area contributed by atoms with Crippen molar-refractivity contribution < 1.29 is 4.39 Å². The Hall–Kier alpha value is -1.39. The Balaban J connectivity index is 3.01. The summed E-state index contributed by atoms with van der Waals surface area (Å²) in [6.45, 7) is 3.61. The third-order valence-electron chi connectivity index (χ3n) is 2.56. The first-order chi connectivity index (χ1) is 7.56. The summed E-state index contributed by atoms with van der Waals surface area (Å²) in [5.74, 6) is -0.609. The molecule has 2 aromatic rings. The van der Waals surface area contributed by atoms with E-state index in [1.165, 1.54) is 0 Å². The van der Waals surface area contributed by atoms with Gasteiger partial charge in [0.1, 0.15) is 0 Å². The van der Waals surface area contributed by atoms with Gasteiger partial charge in [-0.05, 0) is 0 Å². The van der Waals surface area contributed by atoms with Gasteiger partial charge in [0.25, 0.3) is 0 Å². The topological polar surface area (TPSA) is 64.2 Å². The van der Waals surface area contributed by atoms with E-state index in [1.54, 1.807) is 6.92 Å². The molecule has 16 heavy (non-hydrogen) atoms. The maximum absolute atomic E-state index is 13.0. The summed E-state index contributed by atoms with van der Waals surface area (Å²) in [7, 11) is 0. The number of fused-ring (bicyclic) bond motifs is 1. The number of nitrogen functional groups attached to an aromatic ring is 1. The van der Waals surface area contributed by atoms with Crippen LogP contribution in [0.1, 0.15) is 11.1 Å². The van der Waals surface area contributed by atoms with Crippen molar-refractivity contribution in [1.82, 2.24) is 9.97 Å². The predicted octanol–water partition coefficient (Wildman–Crippen LogP) is 1.95. The molecule has 1 heterocycles. The quantitative estimate of drug-likeness (QED) is 0.642. The zero-order valence-corrected chi connectivity index (χ0v) is 10.5. The van der Waals surface area contributed by atoms with Crippen LogP contribution in [-0.4, -0.2) is 25.8 Å². The Morgan fingerprint density at radius 2 is 2.00 bits per heavy atom. The van der Waals surface area contributed by atoms with Crippen LogP contribution in [0, 0.1) is 19.8 Å². The van der Waals surface area contributed by atoms with Crippen LogP contribution < -0.4 is 5.73 Å². The summed E-state index contributed by atoms with van der Waals surface area (Å²) < 4.78 is 17.0. The number of aryl methyl sites for hydroxylation is 2. The fourth-order valence-electron chi connectivity index (χ4n) is 1.64. The van der Waals surface area contributed by atoms with E-state index in [0.29, 0.717) is 28.0 Å². The molecule has 2 rings (SSSR count). The van der Waals surface area contributed by atoms with E-state index in [9.17, 15) is 4.39 Å². The van der Waals surface area contributed by atoms with Gasteiger partial charge in [0.15, 0.2) is 0 Å². The molecule has 2 N–H and O–H groups in total. The number of anilines is 1. The first-order valence-corrected chi connectivity index (χ1v) is 5.37. The van der Waals surface area contributed by atoms with Crippen molar-refractivity contribution in [2.24, 2.45) is 3.96 Å². The molecule has 1 aromatic carbocycles. The molecular weight excluding hydrogens is 274 g/mol. The Bertz CT molecular complexity index is 597. The van der Waals surface area contributed by atoms with Gasteiger partial charge in [-0.2, -0.15) is 0 Å². The summed E-state index contributed by atoms with van der Waals surface area (Å²) >= 11 is 2.57. The third kappa shape index (κ3) is 1.50. The fraction of sp³-hybridized carbons (Fsp3) is 0.200. The van der Waals surface area contributed by atoms with E-state index >= 15 is 0 Å². The van der Waals surface area contributed by atoms with Crippen molar-refractivity contribution in [2.45, 2.75) is 13.8 Å². The van der Waals surface area contributed by atoms with E-state index in [4.69, 9.17) is 5.73 Å². The van der Waals surface area contributed by atoms with Crippen LogP contribution in [0.5, 0.6) is 0 Å². The normalized spacial score (nSPS) is 10.7.